The normalized spacial score (nSPS) is 10.4. The van der Waals surface area contributed by atoms with Gasteiger partial charge < -0.3 is 9.84 Å². The second kappa shape index (κ2) is 22.9. The maximum atomic E-state index is 10.1. The molecule has 0 aromatic heterocycles. The Morgan fingerprint density at radius 2 is 0.917 bits per heavy atom. The van der Waals surface area contributed by atoms with Crippen LogP contribution in [-0.2, 0) is 4.74 Å². The van der Waals surface area contributed by atoms with Crippen LogP contribution in [0, 0.1) is 0 Å². The standard InChI is InChI=1S/C20H40O3.Li.H/c1-2-3-4-5-6-7-8-9-10-11-12-13-14-15-16-17-18-19-23-20(21)22;;/h2-19H2,1H3,(H,21,22);;. The predicted octanol–water partition coefficient (Wildman–Crippen LogP) is 6.68. The van der Waals surface area contributed by atoms with Crippen molar-refractivity contribution in [1.29, 1.82) is 0 Å². The Morgan fingerprint density at radius 1 is 0.625 bits per heavy atom. The second-order valence-electron chi connectivity index (χ2n) is 6.77. The number of hydrogen-bond acceptors (Lipinski definition) is 2. The summed E-state index contributed by atoms with van der Waals surface area (Å²) in [6.45, 7) is 2.63. The monoisotopic (exact) mass is 336 g/mol. The molecule has 0 saturated carbocycles. The van der Waals surface area contributed by atoms with Crippen molar-refractivity contribution in [2.75, 3.05) is 6.61 Å². The molecule has 0 aliphatic rings. The van der Waals surface area contributed by atoms with Crippen molar-refractivity contribution in [3.05, 3.63) is 0 Å². The molecule has 0 heterocycles. The molecule has 0 radical (unpaired) electrons. The first kappa shape index (κ1) is 26.1. The van der Waals surface area contributed by atoms with Gasteiger partial charge in [0.05, 0.1) is 6.61 Å². The van der Waals surface area contributed by atoms with E-state index in [1.54, 1.807) is 0 Å². The van der Waals surface area contributed by atoms with E-state index in [4.69, 9.17) is 5.11 Å². The van der Waals surface area contributed by atoms with Crippen molar-refractivity contribution in [2.24, 2.45) is 0 Å². The Bertz CT molecular complexity index is 247. The zero-order chi connectivity index (χ0) is 17.0. The molecule has 0 saturated heterocycles. The van der Waals surface area contributed by atoms with E-state index in [-0.39, 0.29) is 18.9 Å². The Morgan fingerprint density at radius 3 is 1.21 bits per heavy atom. The van der Waals surface area contributed by atoms with Crippen LogP contribution in [0.3, 0.4) is 0 Å². The molecule has 0 aromatic rings. The fraction of sp³-hybridized carbons (Fsp3) is 0.950. The number of ether oxygens (including phenoxy) is 1. The summed E-state index contributed by atoms with van der Waals surface area (Å²) in [4.78, 5) is 10.1. The van der Waals surface area contributed by atoms with Crippen LogP contribution in [0.25, 0.3) is 0 Å². The summed E-state index contributed by atoms with van der Waals surface area (Å²) >= 11 is 0. The predicted molar refractivity (Wildman–Crippen MR) is 105 cm³/mol. The van der Waals surface area contributed by atoms with E-state index < -0.39 is 6.16 Å². The van der Waals surface area contributed by atoms with E-state index >= 15 is 0 Å². The molecule has 0 fully saturated rings. The van der Waals surface area contributed by atoms with E-state index in [2.05, 4.69) is 11.7 Å². The summed E-state index contributed by atoms with van der Waals surface area (Å²) in [5.74, 6) is 0. The molecule has 24 heavy (non-hydrogen) atoms. The van der Waals surface area contributed by atoms with Crippen molar-refractivity contribution in [2.45, 2.75) is 116 Å². The molecule has 0 aliphatic carbocycles. The third kappa shape index (κ3) is 24.1. The minimum atomic E-state index is -1.15. The van der Waals surface area contributed by atoms with Crippen LogP contribution >= 0.6 is 0 Å². The summed E-state index contributed by atoms with van der Waals surface area (Å²) in [6.07, 6.45) is 21.6. The Balaban J connectivity index is 0. The van der Waals surface area contributed by atoms with Gasteiger partial charge in [-0.2, -0.15) is 0 Å². The van der Waals surface area contributed by atoms with E-state index in [1.807, 2.05) is 0 Å². The van der Waals surface area contributed by atoms with Gasteiger partial charge in [0.15, 0.2) is 0 Å². The third-order valence-corrected chi connectivity index (χ3v) is 4.47. The van der Waals surface area contributed by atoms with Crippen LogP contribution in [0.5, 0.6) is 0 Å². The molecule has 3 nitrogen and oxygen atoms in total. The zero-order valence-corrected chi connectivity index (χ0v) is 15.5. The van der Waals surface area contributed by atoms with Gasteiger partial charge in [-0.1, -0.05) is 110 Å². The molecule has 0 rings (SSSR count). The van der Waals surface area contributed by atoms with E-state index in [0.717, 1.165) is 12.8 Å². The van der Waals surface area contributed by atoms with Gasteiger partial charge in [0.1, 0.15) is 0 Å². The Hall–Kier alpha value is -0.133. The van der Waals surface area contributed by atoms with Crippen molar-refractivity contribution in [1.82, 2.24) is 0 Å². The van der Waals surface area contributed by atoms with Crippen LogP contribution in [0.4, 0.5) is 4.79 Å². The molecule has 0 spiro atoms. The van der Waals surface area contributed by atoms with Gasteiger partial charge >= 0.3 is 25.0 Å². The molecule has 140 valence electrons. The summed E-state index contributed by atoms with van der Waals surface area (Å²) in [5.41, 5.74) is 0. The van der Waals surface area contributed by atoms with Crippen LogP contribution < -0.4 is 0 Å². The number of carboxylic acid groups (broad SMARTS) is 1. The van der Waals surface area contributed by atoms with E-state index in [1.165, 1.54) is 96.3 Å². The van der Waals surface area contributed by atoms with Gasteiger partial charge in [0.2, 0.25) is 0 Å². The van der Waals surface area contributed by atoms with Gasteiger partial charge in [-0.15, -0.1) is 0 Å². The summed E-state index contributed by atoms with van der Waals surface area (Å²) in [7, 11) is 0. The fourth-order valence-corrected chi connectivity index (χ4v) is 2.99. The third-order valence-electron chi connectivity index (χ3n) is 4.47. The van der Waals surface area contributed by atoms with Gasteiger partial charge in [-0.05, 0) is 6.42 Å². The molecular weight excluding hydrogens is 295 g/mol. The van der Waals surface area contributed by atoms with E-state index in [9.17, 15) is 4.79 Å². The SMILES string of the molecule is CCCCCCCCCCCCCCCCCCCOC(=O)O.[LiH]. The second-order valence-corrected chi connectivity index (χ2v) is 6.77. The molecule has 0 atom stereocenters. The van der Waals surface area contributed by atoms with Gasteiger partial charge in [-0.3, -0.25) is 0 Å². The van der Waals surface area contributed by atoms with Crippen molar-refractivity contribution >= 4 is 25.0 Å². The van der Waals surface area contributed by atoms with Crippen LogP contribution in [0.2, 0.25) is 0 Å². The van der Waals surface area contributed by atoms with Gasteiger partial charge in [0, 0.05) is 0 Å². The minimum absolute atomic E-state index is 0. The fourth-order valence-electron chi connectivity index (χ4n) is 2.99. The molecule has 0 aliphatic heterocycles. The molecule has 0 bridgehead atoms. The first-order valence-electron chi connectivity index (χ1n) is 10.1. The summed E-state index contributed by atoms with van der Waals surface area (Å²) in [5, 5.41) is 8.33. The Kier molecular flexibility index (Phi) is 24.9. The van der Waals surface area contributed by atoms with Crippen molar-refractivity contribution in [3.63, 3.8) is 0 Å². The first-order valence-corrected chi connectivity index (χ1v) is 10.1. The number of rotatable bonds is 18. The van der Waals surface area contributed by atoms with E-state index in [0.29, 0.717) is 6.61 Å². The van der Waals surface area contributed by atoms with Crippen LogP contribution in [0.15, 0.2) is 0 Å². The van der Waals surface area contributed by atoms with Crippen LogP contribution in [0.1, 0.15) is 116 Å². The quantitative estimate of drug-likeness (QED) is 0.172. The summed E-state index contributed by atoms with van der Waals surface area (Å²) < 4.78 is 4.48. The molecule has 0 amide bonds. The van der Waals surface area contributed by atoms with Crippen molar-refractivity contribution in [3.8, 4) is 0 Å². The average Bonchev–Trinajstić information content (AvgIpc) is 2.53. The summed E-state index contributed by atoms with van der Waals surface area (Å²) in [6, 6.07) is 0. The number of hydrogen-bond donors (Lipinski definition) is 1. The average molecular weight is 336 g/mol. The molecule has 0 unspecified atom stereocenters. The maximum absolute atomic E-state index is 10.1. The number of carbonyl (C=O) groups is 1. The zero-order valence-electron chi connectivity index (χ0n) is 15.5. The molecular formula is C20H41LiO3. The first-order chi connectivity index (χ1) is 11.3. The van der Waals surface area contributed by atoms with Gasteiger partial charge in [0.25, 0.3) is 0 Å². The van der Waals surface area contributed by atoms with Gasteiger partial charge in [-0.25, -0.2) is 4.79 Å². The van der Waals surface area contributed by atoms with Crippen molar-refractivity contribution < 1.29 is 14.6 Å². The molecule has 0 aromatic carbocycles. The Labute approximate surface area is 162 Å². The molecule has 1 N–H and O–H groups in total. The topological polar surface area (TPSA) is 46.5 Å². The number of unbranched alkanes of at least 4 members (excludes halogenated alkanes) is 16. The van der Waals surface area contributed by atoms with Crippen LogP contribution in [-0.4, -0.2) is 36.7 Å². The molecule has 4 heteroatoms.